The van der Waals surface area contributed by atoms with Crippen molar-refractivity contribution in [3.8, 4) is 22.6 Å². The maximum atomic E-state index is 12.0. The first-order valence-corrected chi connectivity index (χ1v) is 6.57. The molecule has 0 saturated heterocycles. The van der Waals surface area contributed by atoms with Crippen LogP contribution < -0.4 is 14.9 Å². The van der Waals surface area contributed by atoms with Crippen molar-refractivity contribution in [2.24, 2.45) is 0 Å². The van der Waals surface area contributed by atoms with Gasteiger partial charge in [0.15, 0.2) is 22.0 Å². The van der Waals surface area contributed by atoms with Gasteiger partial charge >= 0.3 is 0 Å². The summed E-state index contributed by atoms with van der Waals surface area (Å²) in [6, 6.07) is 6.88. The van der Waals surface area contributed by atoms with Gasteiger partial charge in [0.2, 0.25) is 6.79 Å². The average Bonchev–Trinajstić information content (AvgIpc) is 2.85. The van der Waals surface area contributed by atoms with E-state index in [0.29, 0.717) is 22.2 Å². The smallest absolute Gasteiger partial charge is 0.231 e. The quantitative estimate of drug-likeness (QED) is 0.779. The highest BCUT2D eigenvalue weighted by Gasteiger charge is 2.15. The lowest BCUT2D eigenvalue weighted by Crippen LogP contribution is -2.02. The topological polar surface area (TPSA) is 48.7 Å². The predicted octanol–water partition coefficient (Wildman–Crippen LogP) is 2.76. The predicted molar refractivity (Wildman–Crippen MR) is 68.3 cm³/mol. The molecule has 2 aromatic rings. The second-order valence-electron chi connectivity index (χ2n) is 3.75. The fraction of sp³-hybridized carbons (Fsp3) is 0.154. The molecule has 0 atom stereocenters. The van der Waals surface area contributed by atoms with Gasteiger partial charge in [0.1, 0.15) is 6.26 Å². The van der Waals surface area contributed by atoms with Crippen molar-refractivity contribution in [1.82, 2.24) is 0 Å². The Morgan fingerprint density at radius 3 is 2.78 bits per heavy atom. The Kier molecular flexibility index (Phi) is 2.76. The van der Waals surface area contributed by atoms with Crippen molar-refractivity contribution in [2.45, 2.75) is 5.09 Å². The van der Waals surface area contributed by atoms with Gasteiger partial charge in [-0.05, 0) is 24.0 Å². The lowest BCUT2D eigenvalue weighted by Gasteiger charge is -2.03. The Bertz CT molecular complexity index is 648. The van der Waals surface area contributed by atoms with Gasteiger partial charge in [0, 0.05) is 6.07 Å². The van der Waals surface area contributed by atoms with Crippen LogP contribution in [0.3, 0.4) is 0 Å². The molecule has 0 amide bonds. The van der Waals surface area contributed by atoms with Crippen LogP contribution in [0, 0.1) is 0 Å². The molecule has 3 rings (SSSR count). The number of hydrogen-bond donors (Lipinski definition) is 0. The first-order chi connectivity index (χ1) is 8.78. The summed E-state index contributed by atoms with van der Waals surface area (Å²) in [6.07, 6.45) is 3.34. The maximum absolute atomic E-state index is 12.0. The van der Waals surface area contributed by atoms with Crippen molar-refractivity contribution in [1.29, 1.82) is 0 Å². The molecular formula is C13H10O4S. The van der Waals surface area contributed by atoms with E-state index < -0.39 is 0 Å². The van der Waals surface area contributed by atoms with Crippen LogP contribution in [0.25, 0.3) is 11.1 Å². The van der Waals surface area contributed by atoms with Crippen LogP contribution in [0.5, 0.6) is 11.5 Å². The molecule has 0 radical (unpaired) electrons. The number of thioether (sulfide) groups is 1. The monoisotopic (exact) mass is 262 g/mol. The molecule has 0 spiro atoms. The first-order valence-electron chi connectivity index (χ1n) is 5.35. The van der Waals surface area contributed by atoms with Crippen molar-refractivity contribution in [3.05, 3.63) is 40.8 Å². The minimum atomic E-state index is -0.0653. The minimum absolute atomic E-state index is 0.0653. The molecule has 1 aliphatic heterocycles. The number of hydrogen-bond acceptors (Lipinski definition) is 5. The lowest BCUT2D eigenvalue weighted by molar-refractivity contribution is 0.174. The van der Waals surface area contributed by atoms with E-state index in [1.807, 2.05) is 12.3 Å². The van der Waals surface area contributed by atoms with E-state index in [0.717, 1.165) is 5.56 Å². The molecule has 1 aromatic heterocycles. The van der Waals surface area contributed by atoms with Crippen LogP contribution >= 0.6 is 11.8 Å². The second kappa shape index (κ2) is 4.42. The van der Waals surface area contributed by atoms with Gasteiger partial charge in [-0.1, -0.05) is 17.8 Å². The summed E-state index contributed by atoms with van der Waals surface area (Å²) in [5.41, 5.74) is 1.22. The molecule has 0 fully saturated rings. The third-order valence-corrected chi connectivity index (χ3v) is 3.31. The van der Waals surface area contributed by atoms with Crippen LogP contribution in [0.1, 0.15) is 0 Å². The average molecular weight is 262 g/mol. The Labute approximate surface area is 108 Å². The molecule has 1 aromatic carbocycles. The van der Waals surface area contributed by atoms with Crippen LogP contribution in [-0.4, -0.2) is 13.0 Å². The third-order valence-electron chi connectivity index (χ3n) is 2.69. The molecule has 92 valence electrons. The van der Waals surface area contributed by atoms with E-state index >= 15 is 0 Å². The van der Waals surface area contributed by atoms with Gasteiger partial charge in [-0.25, -0.2) is 0 Å². The fourth-order valence-electron chi connectivity index (χ4n) is 1.78. The highest BCUT2D eigenvalue weighted by Crippen LogP contribution is 2.35. The van der Waals surface area contributed by atoms with Crippen molar-refractivity contribution in [3.63, 3.8) is 0 Å². The van der Waals surface area contributed by atoms with Crippen molar-refractivity contribution >= 4 is 11.8 Å². The molecular weight excluding hydrogens is 252 g/mol. The van der Waals surface area contributed by atoms with Crippen molar-refractivity contribution in [2.75, 3.05) is 13.0 Å². The van der Waals surface area contributed by atoms with Crippen LogP contribution in [0.4, 0.5) is 0 Å². The number of benzene rings is 1. The minimum Gasteiger partial charge on any atom is -0.457 e. The lowest BCUT2D eigenvalue weighted by atomic mass is 10.1. The number of rotatable bonds is 2. The van der Waals surface area contributed by atoms with Crippen LogP contribution in [0.15, 0.2) is 44.8 Å². The van der Waals surface area contributed by atoms with Gasteiger partial charge in [0.05, 0.1) is 5.56 Å². The highest BCUT2D eigenvalue weighted by atomic mass is 32.2. The second-order valence-corrected chi connectivity index (χ2v) is 4.56. The largest absolute Gasteiger partial charge is 0.457 e. The van der Waals surface area contributed by atoms with E-state index in [1.54, 1.807) is 12.1 Å². The summed E-state index contributed by atoms with van der Waals surface area (Å²) in [7, 11) is 0. The van der Waals surface area contributed by atoms with E-state index in [-0.39, 0.29) is 12.2 Å². The summed E-state index contributed by atoms with van der Waals surface area (Å²) in [5.74, 6) is 1.35. The van der Waals surface area contributed by atoms with Gasteiger partial charge in [-0.2, -0.15) is 0 Å². The highest BCUT2D eigenvalue weighted by molar-refractivity contribution is 7.98. The first kappa shape index (κ1) is 11.2. The molecule has 0 saturated carbocycles. The number of fused-ring (bicyclic) bond motifs is 1. The molecule has 0 N–H and O–H groups in total. The van der Waals surface area contributed by atoms with Gasteiger partial charge in [0.25, 0.3) is 0 Å². The summed E-state index contributed by atoms with van der Waals surface area (Å²) >= 11 is 1.40. The zero-order valence-electron chi connectivity index (χ0n) is 9.64. The molecule has 0 unspecified atom stereocenters. The number of ether oxygens (including phenoxy) is 2. The molecule has 2 heterocycles. The Balaban J connectivity index is 2.07. The Morgan fingerprint density at radius 2 is 2.00 bits per heavy atom. The summed E-state index contributed by atoms with van der Waals surface area (Å²) in [4.78, 5) is 12.0. The Morgan fingerprint density at radius 1 is 1.17 bits per heavy atom. The fourth-order valence-corrected chi connectivity index (χ4v) is 2.14. The zero-order chi connectivity index (χ0) is 12.5. The van der Waals surface area contributed by atoms with Gasteiger partial charge in [-0.15, -0.1) is 0 Å². The molecule has 1 aliphatic rings. The van der Waals surface area contributed by atoms with Crippen molar-refractivity contribution < 1.29 is 13.9 Å². The molecule has 18 heavy (non-hydrogen) atoms. The van der Waals surface area contributed by atoms with Crippen LogP contribution in [0.2, 0.25) is 0 Å². The van der Waals surface area contributed by atoms with E-state index in [1.165, 1.54) is 24.1 Å². The molecule has 0 bridgehead atoms. The molecule has 5 heteroatoms. The summed E-state index contributed by atoms with van der Waals surface area (Å²) < 4.78 is 15.9. The normalized spacial score (nSPS) is 12.7. The van der Waals surface area contributed by atoms with Crippen LogP contribution in [-0.2, 0) is 0 Å². The third kappa shape index (κ3) is 1.86. The Hall–Kier alpha value is -1.88. The van der Waals surface area contributed by atoms with E-state index in [9.17, 15) is 4.79 Å². The summed E-state index contributed by atoms with van der Waals surface area (Å²) in [6.45, 7) is 0.221. The SMILES string of the molecule is CSc1cc(=O)c(-c2ccc3c(c2)OCO3)co1. The van der Waals surface area contributed by atoms with Gasteiger partial charge < -0.3 is 13.9 Å². The van der Waals surface area contributed by atoms with E-state index in [2.05, 4.69) is 0 Å². The van der Waals surface area contributed by atoms with E-state index in [4.69, 9.17) is 13.9 Å². The zero-order valence-corrected chi connectivity index (χ0v) is 10.5. The maximum Gasteiger partial charge on any atom is 0.231 e. The standard InChI is InChI=1S/C13H10O4S/c1-18-13-5-10(14)9(6-15-13)8-2-3-11-12(4-8)17-7-16-11/h2-6H,7H2,1H3. The summed E-state index contributed by atoms with van der Waals surface area (Å²) in [5, 5.41) is 0.601. The molecule has 0 aliphatic carbocycles. The molecule has 4 nitrogen and oxygen atoms in total. The van der Waals surface area contributed by atoms with Gasteiger partial charge in [-0.3, -0.25) is 4.79 Å².